The predicted octanol–water partition coefficient (Wildman–Crippen LogP) is 1.98. The fourth-order valence-electron chi connectivity index (χ4n) is 2.40. The van der Waals surface area contributed by atoms with Crippen LogP contribution < -0.4 is 10.0 Å². The third kappa shape index (κ3) is 6.30. The maximum Gasteiger partial charge on any atom is 0.331 e. The Morgan fingerprint density at radius 1 is 1.24 bits per heavy atom. The topological polar surface area (TPSA) is 115 Å². The number of rotatable bonds is 9. The van der Waals surface area contributed by atoms with E-state index in [4.69, 9.17) is 9.15 Å². The summed E-state index contributed by atoms with van der Waals surface area (Å²) in [5.74, 6) is -0.460. The third-order valence-electron chi connectivity index (χ3n) is 4.20. The highest BCUT2D eigenvalue weighted by molar-refractivity contribution is 7.89. The van der Waals surface area contributed by atoms with Crippen LogP contribution in [0, 0.1) is 0 Å². The average Bonchev–Trinajstić information content (AvgIpc) is 3.35. The normalized spacial score (nSPS) is 15.2. The van der Waals surface area contributed by atoms with Gasteiger partial charge in [-0.1, -0.05) is 12.1 Å². The lowest BCUT2D eigenvalue weighted by atomic mass is 10.2. The number of carbonyl (C=O) groups excluding carboxylic acids is 2. The highest BCUT2D eigenvalue weighted by Crippen LogP contribution is 2.19. The Morgan fingerprint density at radius 3 is 2.59 bits per heavy atom. The van der Waals surface area contributed by atoms with Crippen LogP contribution in [0.15, 0.2) is 58.1 Å². The Kier molecular flexibility index (Phi) is 6.50. The standard InChI is InChI=1S/C20H22N2O6S/c1-14(20(24)22-16-7-8-16)28-19(23)11-6-15-4-9-18(10-5-15)29(25,26)21-13-17-3-2-12-27-17/h2-6,9-12,14,16,21H,7-8,13H2,1H3,(H,22,24)/b11-6+/t14-/m0/s1. The van der Waals surface area contributed by atoms with Gasteiger partial charge < -0.3 is 14.5 Å². The Bertz CT molecular complexity index is 976. The molecule has 1 heterocycles. The lowest BCUT2D eigenvalue weighted by Crippen LogP contribution is -2.36. The summed E-state index contributed by atoms with van der Waals surface area (Å²) < 4.78 is 37.2. The summed E-state index contributed by atoms with van der Waals surface area (Å²) in [7, 11) is -3.68. The molecule has 0 saturated heterocycles. The fraction of sp³-hybridized carbons (Fsp3) is 0.300. The molecule has 1 atom stereocenters. The number of ether oxygens (including phenoxy) is 1. The molecule has 1 aliphatic carbocycles. The van der Waals surface area contributed by atoms with E-state index >= 15 is 0 Å². The van der Waals surface area contributed by atoms with Crippen molar-refractivity contribution in [3.8, 4) is 0 Å². The van der Waals surface area contributed by atoms with E-state index in [1.165, 1.54) is 37.5 Å². The maximum absolute atomic E-state index is 12.3. The van der Waals surface area contributed by atoms with Gasteiger partial charge in [0, 0.05) is 12.1 Å². The van der Waals surface area contributed by atoms with Gasteiger partial charge in [0.2, 0.25) is 10.0 Å². The smallest absolute Gasteiger partial charge is 0.331 e. The molecule has 1 aromatic heterocycles. The van der Waals surface area contributed by atoms with Gasteiger partial charge in [0.25, 0.3) is 5.91 Å². The van der Waals surface area contributed by atoms with E-state index in [2.05, 4.69) is 10.0 Å². The first-order valence-electron chi connectivity index (χ1n) is 9.15. The number of amides is 1. The molecule has 2 aromatic rings. The van der Waals surface area contributed by atoms with Gasteiger partial charge in [-0.2, -0.15) is 0 Å². The molecular formula is C20H22N2O6S. The van der Waals surface area contributed by atoms with Crippen molar-refractivity contribution in [2.24, 2.45) is 0 Å². The molecule has 2 N–H and O–H groups in total. The highest BCUT2D eigenvalue weighted by atomic mass is 32.2. The summed E-state index contributed by atoms with van der Waals surface area (Å²) in [6, 6.07) is 9.54. The van der Waals surface area contributed by atoms with Gasteiger partial charge >= 0.3 is 5.97 Å². The number of furan rings is 1. The minimum atomic E-state index is -3.68. The lowest BCUT2D eigenvalue weighted by molar-refractivity contribution is -0.150. The molecule has 154 valence electrons. The number of benzene rings is 1. The molecule has 9 heteroatoms. The van der Waals surface area contributed by atoms with Gasteiger partial charge in [0.1, 0.15) is 5.76 Å². The van der Waals surface area contributed by atoms with Gasteiger partial charge in [0.05, 0.1) is 17.7 Å². The van der Waals surface area contributed by atoms with Crippen molar-refractivity contribution in [3.63, 3.8) is 0 Å². The van der Waals surface area contributed by atoms with Crippen LogP contribution in [0.25, 0.3) is 6.08 Å². The van der Waals surface area contributed by atoms with E-state index in [0.717, 1.165) is 12.8 Å². The van der Waals surface area contributed by atoms with Crippen LogP contribution in [0.5, 0.6) is 0 Å². The zero-order valence-corrected chi connectivity index (χ0v) is 16.6. The summed E-state index contributed by atoms with van der Waals surface area (Å²) in [4.78, 5) is 23.7. The summed E-state index contributed by atoms with van der Waals surface area (Å²) in [5.41, 5.74) is 0.613. The van der Waals surface area contributed by atoms with Gasteiger partial charge in [0.15, 0.2) is 6.10 Å². The Balaban J connectivity index is 1.52. The van der Waals surface area contributed by atoms with Crippen molar-refractivity contribution < 1.29 is 27.2 Å². The molecule has 1 fully saturated rings. The van der Waals surface area contributed by atoms with Crippen LogP contribution in [-0.4, -0.2) is 32.4 Å². The van der Waals surface area contributed by atoms with E-state index < -0.39 is 22.1 Å². The van der Waals surface area contributed by atoms with Crippen molar-refractivity contribution in [1.82, 2.24) is 10.0 Å². The molecule has 1 aromatic carbocycles. The van der Waals surface area contributed by atoms with E-state index in [1.807, 2.05) is 0 Å². The molecule has 0 radical (unpaired) electrons. The number of esters is 1. The van der Waals surface area contributed by atoms with Crippen molar-refractivity contribution in [2.45, 2.75) is 43.4 Å². The monoisotopic (exact) mass is 418 g/mol. The molecule has 1 amide bonds. The SMILES string of the molecule is C[C@H](OC(=O)/C=C/c1ccc(S(=O)(=O)NCc2ccco2)cc1)C(=O)NC1CC1. The first-order chi connectivity index (χ1) is 13.8. The predicted molar refractivity (Wildman–Crippen MR) is 105 cm³/mol. The van der Waals surface area contributed by atoms with Gasteiger partial charge in [-0.3, -0.25) is 4.79 Å². The van der Waals surface area contributed by atoms with Crippen molar-refractivity contribution >= 4 is 28.0 Å². The van der Waals surface area contributed by atoms with Gasteiger partial charge in [-0.05, 0) is 55.7 Å². The molecular weight excluding hydrogens is 396 g/mol. The quantitative estimate of drug-likeness (QED) is 0.475. The van der Waals surface area contributed by atoms with E-state index in [9.17, 15) is 18.0 Å². The van der Waals surface area contributed by atoms with Crippen molar-refractivity contribution in [1.29, 1.82) is 0 Å². The summed E-state index contributed by atoms with van der Waals surface area (Å²) in [6.45, 7) is 1.56. The number of sulfonamides is 1. The second-order valence-corrected chi connectivity index (χ2v) is 8.44. The highest BCUT2D eigenvalue weighted by Gasteiger charge is 2.26. The van der Waals surface area contributed by atoms with E-state index in [1.54, 1.807) is 24.3 Å². The molecule has 0 bridgehead atoms. The van der Waals surface area contributed by atoms with Crippen LogP contribution in [0.4, 0.5) is 0 Å². The number of hydrogen-bond acceptors (Lipinski definition) is 6. The molecule has 1 aliphatic rings. The Morgan fingerprint density at radius 2 is 1.97 bits per heavy atom. The molecule has 0 aliphatic heterocycles. The van der Waals surface area contributed by atoms with Crippen LogP contribution in [0.2, 0.25) is 0 Å². The first kappa shape index (κ1) is 20.8. The molecule has 3 rings (SSSR count). The largest absolute Gasteiger partial charge is 0.468 e. The molecule has 0 unspecified atom stereocenters. The second kappa shape index (κ2) is 9.06. The summed E-state index contributed by atoms with van der Waals surface area (Å²) in [6.07, 6.45) is 5.18. The molecule has 8 nitrogen and oxygen atoms in total. The van der Waals surface area contributed by atoms with Crippen LogP contribution in [0.3, 0.4) is 0 Å². The van der Waals surface area contributed by atoms with Crippen molar-refractivity contribution in [2.75, 3.05) is 0 Å². The average molecular weight is 418 g/mol. The third-order valence-corrected chi connectivity index (χ3v) is 5.62. The molecule has 29 heavy (non-hydrogen) atoms. The minimum absolute atomic E-state index is 0.0509. The summed E-state index contributed by atoms with van der Waals surface area (Å²) in [5, 5.41) is 2.76. The van der Waals surface area contributed by atoms with Crippen LogP contribution in [0.1, 0.15) is 31.1 Å². The van der Waals surface area contributed by atoms with Crippen molar-refractivity contribution in [3.05, 3.63) is 60.1 Å². The first-order valence-corrected chi connectivity index (χ1v) is 10.6. The minimum Gasteiger partial charge on any atom is -0.468 e. The molecule has 1 saturated carbocycles. The lowest BCUT2D eigenvalue weighted by Gasteiger charge is -2.11. The maximum atomic E-state index is 12.3. The second-order valence-electron chi connectivity index (χ2n) is 6.67. The molecule has 0 spiro atoms. The Hall–Kier alpha value is -2.91. The zero-order valence-electron chi connectivity index (χ0n) is 15.8. The van der Waals surface area contributed by atoms with Crippen LogP contribution in [-0.2, 0) is 30.9 Å². The number of carbonyl (C=O) groups is 2. The number of nitrogens with one attached hydrogen (secondary N) is 2. The fourth-order valence-corrected chi connectivity index (χ4v) is 3.39. The Labute approximate surface area is 169 Å². The number of hydrogen-bond donors (Lipinski definition) is 2. The van der Waals surface area contributed by atoms with Crippen LogP contribution >= 0.6 is 0 Å². The summed E-state index contributed by atoms with van der Waals surface area (Å²) >= 11 is 0. The zero-order chi connectivity index (χ0) is 20.9. The van der Waals surface area contributed by atoms with Gasteiger partial charge in [-0.25, -0.2) is 17.9 Å². The van der Waals surface area contributed by atoms with Gasteiger partial charge in [-0.15, -0.1) is 0 Å². The van der Waals surface area contributed by atoms with E-state index in [0.29, 0.717) is 11.3 Å². The van der Waals surface area contributed by atoms with E-state index in [-0.39, 0.29) is 23.4 Å².